The Morgan fingerprint density at radius 2 is 1.60 bits per heavy atom. The Labute approximate surface area is 154 Å². The molecule has 1 saturated heterocycles. The highest BCUT2D eigenvalue weighted by Crippen LogP contribution is 2.17. The van der Waals surface area contributed by atoms with E-state index in [1.54, 1.807) is 0 Å². The van der Waals surface area contributed by atoms with Crippen LogP contribution >= 0.6 is 12.2 Å². The van der Waals surface area contributed by atoms with Gasteiger partial charge in [0.25, 0.3) is 5.91 Å². The van der Waals surface area contributed by atoms with Gasteiger partial charge in [0.15, 0.2) is 5.11 Å². The number of anilines is 1. The number of nitrogens with zero attached hydrogens (tertiary/aromatic N) is 2. The topological polar surface area (TPSA) is 35.6 Å². The fourth-order valence-corrected chi connectivity index (χ4v) is 3.32. The fourth-order valence-electron chi connectivity index (χ4n) is 3.02. The number of aryl methyl sites for hydroxylation is 2. The minimum atomic E-state index is 0.0912. The molecule has 0 radical (unpaired) electrons. The number of carbonyl (C=O) groups is 1. The average molecular weight is 353 g/mol. The van der Waals surface area contributed by atoms with E-state index in [0.717, 1.165) is 29.5 Å². The van der Waals surface area contributed by atoms with E-state index in [4.69, 9.17) is 12.2 Å². The number of hydrogen-bond acceptors (Lipinski definition) is 2. The lowest BCUT2D eigenvalue weighted by molar-refractivity contribution is 0.0693. The second kappa shape index (κ2) is 7.66. The lowest BCUT2D eigenvalue weighted by Crippen LogP contribution is -2.51. The summed E-state index contributed by atoms with van der Waals surface area (Å²) >= 11 is 5.56. The summed E-state index contributed by atoms with van der Waals surface area (Å²) in [5, 5.41) is 4.06. The molecule has 1 amide bonds. The zero-order valence-electron chi connectivity index (χ0n) is 14.7. The molecule has 0 unspecified atom stereocenters. The second-order valence-corrected chi connectivity index (χ2v) is 6.78. The normalized spacial score (nSPS) is 14.3. The molecule has 0 bridgehead atoms. The molecule has 0 aromatic heterocycles. The van der Waals surface area contributed by atoms with Crippen molar-refractivity contribution in [3.8, 4) is 0 Å². The number of thiocarbonyl (C=S) groups is 1. The Balaban J connectivity index is 1.56. The van der Waals surface area contributed by atoms with Gasteiger partial charge in [-0.1, -0.05) is 35.9 Å². The first-order valence-corrected chi connectivity index (χ1v) is 8.93. The van der Waals surface area contributed by atoms with E-state index in [1.807, 2.05) is 35.2 Å². The number of rotatable bonds is 2. The molecule has 4 nitrogen and oxygen atoms in total. The van der Waals surface area contributed by atoms with Gasteiger partial charge < -0.3 is 15.1 Å². The average Bonchev–Trinajstić information content (AvgIpc) is 2.64. The van der Waals surface area contributed by atoms with Crippen molar-refractivity contribution in [2.24, 2.45) is 0 Å². The highest BCUT2D eigenvalue weighted by molar-refractivity contribution is 7.80. The second-order valence-electron chi connectivity index (χ2n) is 6.39. The summed E-state index contributed by atoms with van der Waals surface area (Å²) in [4.78, 5) is 16.5. The molecule has 2 aromatic rings. The highest BCUT2D eigenvalue weighted by Gasteiger charge is 2.23. The molecule has 1 aliphatic rings. The SMILES string of the molecule is Cc1ccc(NC(=S)N2CCN(C(=O)c3ccccc3)CC2)c(C)c1. The molecule has 1 heterocycles. The van der Waals surface area contributed by atoms with Crippen molar-refractivity contribution in [2.75, 3.05) is 31.5 Å². The van der Waals surface area contributed by atoms with Crippen molar-refractivity contribution >= 4 is 28.9 Å². The summed E-state index contributed by atoms with van der Waals surface area (Å²) in [6.45, 7) is 7.02. The van der Waals surface area contributed by atoms with E-state index in [9.17, 15) is 4.79 Å². The Kier molecular flexibility index (Phi) is 5.34. The van der Waals surface area contributed by atoms with Gasteiger partial charge >= 0.3 is 0 Å². The number of hydrogen-bond donors (Lipinski definition) is 1. The Hall–Kier alpha value is -2.40. The van der Waals surface area contributed by atoms with Crippen molar-refractivity contribution in [2.45, 2.75) is 13.8 Å². The highest BCUT2D eigenvalue weighted by atomic mass is 32.1. The first kappa shape index (κ1) is 17.4. The van der Waals surface area contributed by atoms with Crippen LogP contribution in [0.25, 0.3) is 0 Å². The fraction of sp³-hybridized carbons (Fsp3) is 0.300. The van der Waals surface area contributed by atoms with E-state index in [-0.39, 0.29) is 5.91 Å². The molecule has 5 heteroatoms. The van der Waals surface area contributed by atoms with E-state index >= 15 is 0 Å². The van der Waals surface area contributed by atoms with Crippen LogP contribution in [0.4, 0.5) is 5.69 Å². The van der Waals surface area contributed by atoms with Crippen molar-refractivity contribution in [1.29, 1.82) is 0 Å². The van der Waals surface area contributed by atoms with E-state index < -0.39 is 0 Å². The predicted octanol–water partition coefficient (Wildman–Crippen LogP) is 3.46. The van der Waals surface area contributed by atoms with Gasteiger partial charge in [-0.25, -0.2) is 0 Å². The number of nitrogens with one attached hydrogen (secondary N) is 1. The summed E-state index contributed by atoms with van der Waals surface area (Å²) in [5.41, 5.74) is 4.20. The Bertz CT molecular complexity index is 768. The van der Waals surface area contributed by atoms with Crippen LogP contribution in [0.5, 0.6) is 0 Å². The molecular weight excluding hydrogens is 330 g/mol. The van der Waals surface area contributed by atoms with Crippen LogP contribution < -0.4 is 5.32 Å². The maximum atomic E-state index is 12.5. The smallest absolute Gasteiger partial charge is 0.253 e. The summed E-state index contributed by atoms with van der Waals surface area (Å²) < 4.78 is 0. The van der Waals surface area contributed by atoms with Crippen LogP contribution in [0.15, 0.2) is 48.5 Å². The molecule has 2 aromatic carbocycles. The van der Waals surface area contributed by atoms with Crippen LogP contribution in [-0.4, -0.2) is 47.0 Å². The third kappa shape index (κ3) is 4.17. The number of amides is 1. The molecule has 0 atom stereocenters. The predicted molar refractivity (Wildman–Crippen MR) is 106 cm³/mol. The summed E-state index contributed by atoms with van der Waals surface area (Å²) in [6, 6.07) is 15.7. The zero-order chi connectivity index (χ0) is 17.8. The van der Waals surface area contributed by atoms with Crippen LogP contribution in [0.1, 0.15) is 21.5 Å². The van der Waals surface area contributed by atoms with E-state index in [0.29, 0.717) is 13.1 Å². The van der Waals surface area contributed by atoms with Gasteiger partial charge in [0.2, 0.25) is 0 Å². The molecule has 1 N–H and O–H groups in total. The first-order chi connectivity index (χ1) is 12.0. The van der Waals surface area contributed by atoms with Gasteiger partial charge in [-0.3, -0.25) is 4.79 Å². The lowest BCUT2D eigenvalue weighted by Gasteiger charge is -2.36. The largest absolute Gasteiger partial charge is 0.345 e. The third-order valence-corrected chi connectivity index (χ3v) is 4.86. The minimum absolute atomic E-state index is 0.0912. The molecule has 0 saturated carbocycles. The molecule has 1 aliphatic heterocycles. The third-order valence-electron chi connectivity index (χ3n) is 4.50. The maximum absolute atomic E-state index is 12.5. The zero-order valence-corrected chi connectivity index (χ0v) is 15.5. The molecule has 130 valence electrons. The van der Waals surface area contributed by atoms with Crippen molar-refractivity contribution < 1.29 is 4.79 Å². The van der Waals surface area contributed by atoms with Crippen molar-refractivity contribution in [1.82, 2.24) is 9.80 Å². The van der Waals surface area contributed by atoms with Crippen molar-refractivity contribution in [3.05, 3.63) is 65.2 Å². The number of benzene rings is 2. The van der Waals surface area contributed by atoms with Crippen LogP contribution in [0, 0.1) is 13.8 Å². The van der Waals surface area contributed by atoms with Crippen LogP contribution in [0.3, 0.4) is 0 Å². The monoisotopic (exact) mass is 353 g/mol. The summed E-state index contributed by atoms with van der Waals surface area (Å²) in [5.74, 6) is 0.0912. The molecule has 1 fully saturated rings. The van der Waals surface area contributed by atoms with E-state index in [2.05, 4.69) is 42.3 Å². The minimum Gasteiger partial charge on any atom is -0.345 e. The van der Waals surface area contributed by atoms with Gasteiger partial charge in [-0.15, -0.1) is 0 Å². The molecule has 0 spiro atoms. The molecular formula is C20H23N3OS. The maximum Gasteiger partial charge on any atom is 0.253 e. The first-order valence-electron chi connectivity index (χ1n) is 8.52. The van der Waals surface area contributed by atoms with Gasteiger partial charge in [0, 0.05) is 37.4 Å². The van der Waals surface area contributed by atoms with Gasteiger partial charge in [0.1, 0.15) is 0 Å². The summed E-state index contributed by atoms with van der Waals surface area (Å²) in [6.07, 6.45) is 0. The quantitative estimate of drug-likeness (QED) is 0.839. The number of carbonyl (C=O) groups excluding carboxylic acids is 1. The van der Waals surface area contributed by atoms with Crippen LogP contribution in [0.2, 0.25) is 0 Å². The van der Waals surface area contributed by atoms with Gasteiger partial charge in [0.05, 0.1) is 0 Å². The van der Waals surface area contributed by atoms with Crippen molar-refractivity contribution in [3.63, 3.8) is 0 Å². The standard InChI is InChI=1S/C20H23N3OS/c1-15-8-9-18(16(2)14-15)21-20(25)23-12-10-22(11-13-23)19(24)17-6-4-3-5-7-17/h3-9,14H,10-13H2,1-2H3,(H,21,25). The van der Waals surface area contributed by atoms with E-state index in [1.165, 1.54) is 11.1 Å². The molecule has 0 aliphatic carbocycles. The van der Waals surface area contributed by atoms with Gasteiger partial charge in [-0.2, -0.15) is 0 Å². The number of piperazine rings is 1. The lowest BCUT2D eigenvalue weighted by atomic mass is 10.1. The van der Waals surface area contributed by atoms with Crippen LogP contribution in [-0.2, 0) is 0 Å². The van der Waals surface area contributed by atoms with Gasteiger partial charge in [-0.05, 0) is 49.8 Å². The molecule has 25 heavy (non-hydrogen) atoms. The summed E-state index contributed by atoms with van der Waals surface area (Å²) in [7, 11) is 0. The Morgan fingerprint density at radius 3 is 2.24 bits per heavy atom. The molecule has 3 rings (SSSR count). The Morgan fingerprint density at radius 1 is 0.960 bits per heavy atom.